The fraction of sp³-hybridized carbons (Fsp3) is 0.455. The summed E-state index contributed by atoms with van der Waals surface area (Å²) >= 11 is 0. The van der Waals surface area contributed by atoms with Gasteiger partial charge in [-0.1, -0.05) is 19.9 Å². The molecule has 1 heterocycles. The summed E-state index contributed by atoms with van der Waals surface area (Å²) in [6.07, 6.45) is 1.38. The van der Waals surface area contributed by atoms with Crippen LogP contribution >= 0.6 is 0 Å². The Hall–Kier alpha value is -2.14. The Morgan fingerprint density at radius 3 is 2.12 bits per heavy atom. The molecule has 8 nitrogen and oxygen atoms in total. The van der Waals surface area contributed by atoms with E-state index in [0.29, 0.717) is 44.0 Å². The second-order valence-corrected chi connectivity index (χ2v) is 11.3. The highest BCUT2D eigenvalue weighted by Crippen LogP contribution is 2.41. The highest BCUT2D eigenvalue weighted by atomic mass is 32.2. The van der Waals surface area contributed by atoms with Crippen molar-refractivity contribution in [1.82, 2.24) is 8.61 Å². The maximum absolute atomic E-state index is 13.4. The van der Waals surface area contributed by atoms with E-state index in [1.807, 2.05) is 6.07 Å². The van der Waals surface area contributed by atoms with Gasteiger partial charge in [0, 0.05) is 31.3 Å². The van der Waals surface area contributed by atoms with Gasteiger partial charge in [0.1, 0.15) is 11.5 Å². The van der Waals surface area contributed by atoms with Crippen molar-refractivity contribution in [3.63, 3.8) is 0 Å². The van der Waals surface area contributed by atoms with Crippen molar-refractivity contribution in [3.8, 4) is 11.5 Å². The monoisotopic (exact) mass is 482 g/mol. The largest absolute Gasteiger partial charge is 0.497 e. The van der Waals surface area contributed by atoms with Crippen LogP contribution in [0.2, 0.25) is 0 Å². The molecule has 0 aliphatic carbocycles. The molecular formula is C22H30N2O6S2. The van der Waals surface area contributed by atoms with Crippen LogP contribution in [0.25, 0.3) is 0 Å². The number of ether oxygens (including phenoxy) is 2. The smallest absolute Gasteiger partial charge is 0.243 e. The molecule has 10 heteroatoms. The summed E-state index contributed by atoms with van der Waals surface area (Å²) in [4.78, 5) is 0.144. The molecule has 1 saturated heterocycles. The van der Waals surface area contributed by atoms with E-state index in [-0.39, 0.29) is 15.8 Å². The van der Waals surface area contributed by atoms with Crippen molar-refractivity contribution in [3.05, 3.63) is 48.0 Å². The third kappa shape index (κ3) is 4.50. The van der Waals surface area contributed by atoms with Gasteiger partial charge < -0.3 is 9.47 Å². The van der Waals surface area contributed by atoms with Crippen molar-refractivity contribution in [2.45, 2.75) is 42.5 Å². The Bertz CT molecular complexity index is 1140. The number of hydrogen-bond acceptors (Lipinski definition) is 6. The van der Waals surface area contributed by atoms with Gasteiger partial charge in [-0.25, -0.2) is 16.8 Å². The average molecular weight is 483 g/mol. The van der Waals surface area contributed by atoms with Crippen LogP contribution in [0.15, 0.2) is 52.3 Å². The lowest BCUT2D eigenvalue weighted by Crippen LogP contribution is -2.31. The lowest BCUT2D eigenvalue weighted by atomic mass is 10.0. The fourth-order valence-electron chi connectivity index (χ4n) is 4.06. The molecule has 0 aromatic heterocycles. The Balaban J connectivity index is 1.94. The second-order valence-electron chi connectivity index (χ2n) is 7.44. The van der Waals surface area contributed by atoms with Crippen LogP contribution in [-0.4, -0.2) is 59.3 Å². The highest BCUT2D eigenvalue weighted by molar-refractivity contribution is 7.89. The Morgan fingerprint density at radius 1 is 0.938 bits per heavy atom. The summed E-state index contributed by atoms with van der Waals surface area (Å²) in [5.41, 5.74) is 0.773. The normalized spacial score (nSPS) is 17.6. The van der Waals surface area contributed by atoms with Gasteiger partial charge >= 0.3 is 0 Å². The van der Waals surface area contributed by atoms with Crippen LogP contribution in [0.4, 0.5) is 0 Å². The molecule has 176 valence electrons. The highest BCUT2D eigenvalue weighted by Gasteiger charge is 2.37. The van der Waals surface area contributed by atoms with Crippen LogP contribution in [0.3, 0.4) is 0 Å². The van der Waals surface area contributed by atoms with E-state index >= 15 is 0 Å². The maximum atomic E-state index is 13.4. The van der Waals surface area contributed by atoms with Gasteiger partial charge in [-0.3, -0.25) is 0 Å². The minimum atomic E-state index is -3.83. The van der Waals surface area contributed by atoms with Crippen molar-refractivity contribution in [2.24, 2.45) is 0 Å². The van der Waals surface area contributed by atoms with E-state index in [4.69, 9.17) is 9.47 Å². The van der Waals surface area contributed by atoms with Gasteiger partial charge in [0.15, 0.2) is 0 Å². The number of sulfonamides is 2. The van der Waals surface area contributed by atoms with Crippen molar-refractivity contribution >= 4 is 20.0 Å². The molecule has 0 bridgehead atoms. The first-order valence-electron chi connectivity index (χ1n) is 10.5. The molecule has 2 aromatic rings. The summed E-state index contributed by atoms with van der Waals surface area (Å²) in [6.45, 7) is 4.60. The third-order valence-corrected chi connectivity index (χ3v) is 9.76. The number of methoxy groups -OCH3 is 2. The molecule has 2 aromatic carbocycles. The predicted octanol–water partition coefficient (Wildman–Crippen LogP) is 3.26. The molecule has 1 fully saturated rings. The summed E-state index contributed by atoms with van der Waals surface area (Å²) in [5.74, 6) is 1.19. The van der Waals surface area contributed by atoms with Crippen molar-refractivity contribution in [2.75, 3.05) is 33.9 Å². The minimum absolute atomic E-state index is 0.0652. The summed E-state index contributed by atoms with van der Waals surface area (Å²) < 4.78 is 65.9. The zero-order valence-electron chi connectivity index (χ0n) is 18.8. The summed E-state index contributed by atoms with van der Waals surface area (Å²) in [5, 5.41) is 0. The number of nitrogens with zero attached hydrogens (tertiary/aromatic N) is 2. The average Bonchev–Trinajstić information content (AvgIpc) is 3.30. The zero-order valence-corrected chi connectivity index (χ0v) is 20.4. The maximum Gasteiger partial charge on any atom is 0.243 e. The first-order valence-corrected chi connectivity index (χ1v) is 13.4. The Kier molecular flexibility index (Phi) is 7.49. The topological polar surface area (TPSA) is 93.2 Å². The Morgan fingerprint density at radius 2 is 1.56 bits per heavy atom. The van der Waals surface area contributed by atoms with E-state index < -0.39 is 20.0 Å². The quantitative estimate of drug-likeness (QED) is 0.545. The number of hydrogen-bond donors (Lipinski definition) is 0. The third-order valence-electron chi connectivity index (χ3n) is 5.78. The van der Waals surface area contributed by atoms with E-state index in [1.54, 1.807) is 40.2 Å². The minimum Gasteiger partial charge on any atom is -0.497 e. The van der Waals surface area contributed by atoms with Crippen LogP contribution in [0.1, 0.15) is 38.3 Å². The lowest BCUT2D eigenvalue weighted by Gasteiger charge is -2.26. The molecule has 1 atom stereocenters. The standard InChI is InChI=1S/C22H30N2O6S2/c1-5-23(6-2)31(25,26)18-10-12-19(13-11-18)32(27,28)24-15-7-8-21(24)20-14-9-17(29-3)16-22(20)30-4/h9-14,16,21H,5-8,15H2,1-4H3. The van der Waals surface area contributed by atoms with Gasteiger partial charge in [-0.2, -0.15) is 8.61 Å². The molecule has 1 unspecified atom stereocenters. The van der Waals surface area contributed by atoms with Gasteiger partial charge in [-0.05, 0) is 43.2 Å². The molecule has 1 aliphatic rings. The van der Waals surface area contributed by atoms with E-state index in [1.165, 1.54) is 32.9 Å². The molecule has 0 saturated carbocycles. The molecule has 1 aliphatic heterocycles. The molecule has 0 radical (unpaired) electrons. The van der Waals surface area contributed by atoms with Gasteiger partial charge in [-0.15, -0.1) is 0 Å². The first kappa shape index (κ1) is 24.5. The van der Waals surface area contributed by atoms with Crippen molar-refractivity contribution < 1.29 is 26.3 Å². The molecule has 0 N–H and O–H groups in total. The van der Waals surface area contributed by atoms with E-state index in [0.717, 1.165) is 5.56 Å². The van der Waals surface area contributed by atoms with E-state index in [9.17, 15) is 16.8 Å². The number of rotatable bonds is 9. The van der Waals surface area contributed by atoms with Crippen molar-refractivity contribution in [1.29, 1.82) is 0 Å². The molecular weight excluding hydrogens is 452 g/mol. The lowest BCUT2D eigenvalue weighted by molar-refractivity contribution is 0.361. The summed E-state index contributed by atoms with van der Waals surface area (Å²) in [7, 11) is -4.38. The van der Waals surface area contributed by atoms with Crippen LogP contribution in [-0.2, 0) is 20.0 Å². The Labute approximate surface area is 190 Å². The van der Waals surface area contributed by atoms with Crippen LogP contribution < -0.4 is 9.47 Å². The zero-order chi connectivity index (χ0) is 23.5. The first-order chi connectivity index (χ1) is 15.2. The molecule has 32 heavy (non-hydrogen) atoms. The molecule has 0 spiro atoms. The van der Waals surface area contributed by atoms with Gasteiger partial charge in [0.2, 0.25) is 20.0 Å². The predicted molar refractivity (Wildman–Crippen MR) is 122 cm³/mol. The fourth-order valence-corrected chi connectivity index (χ4v) is 7.20. The van der Waals surface area contributed by atoms with Crippen LogP contribution in [0, 0.1) is 0 Å². The van der Waals surface area contributed by atoms with Gasteiger partial charge in [0.05, 0.1) is 30.1 Å². The summed E-state index contributed by atoms with van der Waals surface area (Å²) in [6, 6.07) is 10.4. The van der Waals surface area contributed by atoms with Crippen LogP contribution in [0.5, 0.6) is 11.5 Å². The molecule has 3 rings (SSSR count). The van der Waals surface area contributed by atoms with Gasteiger partial charge in [0.25, 0.3) is 0 Å². The van der Waals surface area contributed by atoms with E-state index in [2.05, 4.69) is 0 Å². The number of benzene rings is 2. The molecule has 0 amide bonds. The SMILES string of the molecule is CCN(CC)S(=O)(=O)c1ccc(S(=O)(=O)N2CCCC2c2ccc(OC)cc2OC)cc1. The second kappa shape index (κ2) is 9.78.